The largest absolute Gasteiger partial charge is 0.440 e. The lowest BCUT2D eigenvalue weighted by molar-refractivity contribution is 0.223. The van der Waals surface area contributed by atoms with Gasteiger partial charge in [0.25, 0.3) is 0 Å². The summed E-state index contributed by atoms with van der Waals surface area (Å²) in [5.41, 5.74) is 0.767. The Morgan fingerprint density at radius 1 is 1.56 bits per heavy atom. The second-order valence-electron chi connectivity index (χ2n) is 3.75. The number of aryl methyl sites for hydroxylation is 1. The van der Waals surface area contributed by atoms with E-state index in [1.807, 2.05) is 14.0 Å². The Morgan fingerprint density at radius 3 is 2.94 bits per heavy atom. The minimum Gasteiger partial charge on any atom is -0.440 e. The number of aliphatic hydroxyl groups is 1. The number of hydrogen-bond acceptors (Lipinski definition) is 6. The van der Waals surface area contributed by atoms with Gasteiger partial charge in [0.1, 0.15) is 0 Å². The Balaban J connectivity index is 2.17. The van der Waals surface area contributed by atoms with Crippen LogP contribution in [0.5, 0.6) is 0 Å². The smallest absolute Gasteiger partial charge is 0.202 e. The first-order chi connectivity index (χ1) is 8.63. The summed E-state index contributed by atoms with van der Waals surface area (Å²) >= 11 is 6.93. The van der Waals surface area contributed by atoms with Crippen molar-refractivity contribution in [3.8, 4) is 11.6 Å². The van der Waals surface area contributed by atoms with Gasteiger partial charge in [-0.1, -0.05) is 11.8 Å². The van der Waals surface area contributed by atoms with Crippen molar-refractivity contribution in [2.75, 3.05) is 11.6 Å². The second-order valence-corrected chi connectivity index (χ2v) is 5.05. The number of rotatable bonds is 5. The molecule has 0 saturated heterocycles. The van der Waals surface area contributed by atoms with E-state index in [0.717, 1.165) is 5.69 Å². The molecule has 6 nitrogen and oxygen atoms in total. The first-order valence-corrected chi connectivity index (χ1v) is 6.82. The van der Waals surface area contributed by atoms with Crippen LogP contribution >= 0.6 is 23.4 Å². The minimum absolute atomic E-state index is 0.207. The first kappa shape index (κ1) is 13.4. The summed E-state index contributed by atoms with van der Waals surface area (Å²) in [5, 5.41) is 18.2. The molecule has 1 N–H and O–H groups in total. The second kappa shape index (κ2) is 5.73. The number of thioether (sulfide) groups is 1. The van der Waals surface area contributed by atoms with Crippen LogP contribution in [0.2, 0.25) is 0 Å². The summed E-state index contributed by atoms with van der Waals surface area (Å²) in [4.78, 5) is 4.02. The van der Waals surface area contributed by atoms with E-state index in [1.165, 1.54) is 18.2 Å². The van der Waals surface area contributed by atoms with Gasteiger partial charge in [0.05, 0.1) is 11.8 Å². The number of oxazole rings is 1. The molecular weight excluding hydrogens is 276 g/mol. The van der Waals surface area contributed by atoms with Gasteiger partial charge in [0, 0.05) is 18.7 Å². The van der Waals surface area contributed by atoms with Gasteiger partial charge in [0.2, 0.25) is 5.82 Å². The van der Waals surface area contributed by atoms with Crippen LogP contribution in [0.15, 0.2) is 16.0 Å². The molecule has 2 aromatic rings. The average Bonchev–Trinajstić information content (AvgIpc) is 2.93. The first-order valence-electron chi connectivity index (χ1n) is 5.30. The van der Waals surface area contributed by atoms with Gasteiger partial charge in [-0.2, -0.15) is 0 Å². The number of alkyl halides is 1. The molecule has 2 heterocycles. The van der Waals surface area contributed by atoms with E-state index < -0.39 is 6.10 Å². The van der Waals surface area contributed by atoms with Crippen LogP contribution in [0.3, 0.4) is 0 Å². The van der Waals surface area contributed by atoms with Crippen LogP contribution in [0.25, 0.3) is 11.6 Å². The zero-order valence-corrected chi connectivity index (χ0v) is 11.6. The average molecular weight is 289 g/mol. The fourth-order valence-corrected chi connectivity index (χ4v) is 2.45. The highest BCUT2D eigenvalue weighted by Gasteiger charge is 2.17. The van der Waals surface area contributed by atoms with E-state index >= 15 is 0 Å². The highest BCUT2D eigenvalue weighted by atomic mass is 35.5. The van der Waals surface area contributed by atoms with E-state index in [0.29, 0.717) is 22.5 Å². The van der Waals surface area contributed by atoms with E-state index in [9.17, 15) is 5.11 Å². The molecule has 0 aliphatic rings. The Labute approximate surface area is 113 Å². The number of aliphatic hydroxyl groups excluding tert-OH is 1. The van der Waals surface area contributed by atoms with Gasteiger partial charge in [-0.05, 0) is 6.92 Å². The van der Waals surface area contributed by atoms with Crippen LogP contribution in [0, 0.1) is 6.92 Å². The lowest BCUT2D eigenvalue weighted by Gasteiger charge is -2.05. The van der Waals surface area contributed by atoms with Crippen LogP contribution in [0.4, 0.5) is 0 Å². The summed E-state index contributed by atoms with van der Waals surface area (Å²) in [6.45, 7) is 1.84. The SMILES string of the molecule is Cc1ncoc1-c1nnc(SCC(O)CCl)n1C. The third kappa shape index (κ3) is 2.68. The maximum atomic E-state index is 9.41. The van der Waals surface area contributed by atoms with Gasteiger partial charge >= 0.3 is 0 Å². The van der Waals surface area contributed by atoms with Crippen LogP contribution in [-0.2, 0) is 7.05 Å². The van der Waals surface area contributed by atoms with Gasteiger partial charge in [0.15, 0.2) is 17.3 Å². The van der Waals surface area contributed by atoms with Crippen LogP contribution in [0.1, 0.15) is 5.69 Å². The Bertz CT molecular complexity index is 528. The quantitative estimate of drug-likeness (QED) is 0.663. The number of nitrogens with zero attached hydrogens (tertiary/aromatic N) is 4. The number of halogens is 1. The molecule has 0 bridgehead atoms. The van der Waals surface area contributed by atoms with Gasteiger partial charge in [-0.25, -0.2) is 4.98 Å². The molecule has 0 fully saturated rings. The zero-order valence-electron chi connectivity index (χ0n) is 10.00. The Hall–Kier alpha value is -1.05. The zero-order chi connectivity index (χ0) is 13.1. The fourth-order valence-electron chi connectivity index (χ4n) is 1.37. The predicted molar refractivity (Wildman–Crippen MR) is 68.7 cm³/mol. The topological polar surface area (TPSA) is 77.0 Å². The molecule has 8 heteroatoms. The monoisotopic (exact) mass is 288 g/mol. The highest BCUT2D eigenvalue weighted by molar-refractivity contribution is 7.99. The van der Waals surface area contributed by atoms with Crippen molar-refractivity contribution in [1.82, 2.24) is 19.7 Å². The molecule has 0 aliphatic heterocycles. The van der Waals surface area contributed by atoms with Gasteiger partial charge in [-0.15, -0.1) is 21.8 Å². The molecule has 1 unspecified atom stereocenters. The summed E-state index contributed by atoms with van der Waals surface area (Å²) in [7, 11) is 1.84. The van der Waals surface area contributed by atoms with Crippen molar-refractivity contribution in [2.24, 2.45) is 7.05 Å². The Kier molecular flexibility index (Phi) is 4.26. The van der Waals surface area contributed by atoms with Gasteiger partial charge < -0.3 is 14.1 Å². The third-order valence-corrected chi connectivity index (χ3v) is 3.89. The van der Waals surface area contributed by atoms with E-state index in [-0.39, 0.29) is 5.88 Å². The van der Waals surface area contributed by atoms with Crippen LogP contribution < -0.4 is 0 Å². The molecule has 0 radical (unpaired) electrons. The lowest BCUT2D eigenvalue weighted by atomic mass is 10.3. The maximum Gasteiger partial charge on any atom is 0.202 e. The highest BCUT2D eigenvalue weighted by Crippen LogP contribution is 2.24. The molecule has 0 spiro atoms. The number of aromatic nitrogens is 4. The summed E-state index contributed by atoms with van der Waals surface area (Å²) in [6, 6.07) is 0. The standard InChI is InChI=1S/C10H13ClN4O2S/c1-6-8(17-5-12-6)9-13-14-10(15(9)2)18-4-7(16)3-11/h5,7,16H,3-4H2,1-2H3. The minimum atomic E-state index is -0.552. The molecule has 2 aromatic heterocycles. The molecule has 0 saturated carbocycles. The van der Waals surface area contributed by atoms with Crippen molar-refractivity contribution in [3.05, 3.63) is 12.1 Å². The summed E-state index contributed by atoms with van der Waals surface area (Å²) < 4.78 is 7.08. The van der Waals surface area contributed by atoms with Crippen molar-refractivity contribution in [2.45, 2.75) is 18.2 Å². The summed E-state index contributed by atoms with van der Waals surface area (Å²) in [5.74, 6) is 1.91. The van der Waals surface area contributed by atoms with Gasteiger partial charge in [-0.3, -0.25) is 0 Å². The number of hydrogen-bond donors (Lipinski definition) is 1. The van der Waals surface area contributed by atoms with Crippen molar-refractivity contribution in [3.63, 3.8) is 0 Å². The molecule has 2 rings (SSSR count). The normalized spacial score (nSPS) is 12.9. The van der Waals surface area contributed by atoms with Crippen LogP contribution in [-0.4, -0.2) is 42.6 Å². The Morgan fingerprint density at radius 2 is 2.33 bits per heavy atom. The molecule has 0 amide bonds. The van der Waals surface area contributed by atoms with E-state index in [2.05, 4.69) is 15.2 Å². The lowest BCUT2D eigenvalue weighted by Crippen LogP contribution is -2.11. The summed E-state index contributed by atoms with van der Waals surface area (Å²) in [6.07, 6.45) is 0.826. The molecule has 0 aromatic carbocycles. The molecular formula is C10H13ClN4O2S. The van der Waals surface area contributed by atoms with Crippen molar-refractivity contribution in [1.29, 1.82) is 0 Å². The van der Waals surface area contributed by atoms with E-state index in [1.54, 1.807) is 4.57 Å². The van der Waals surface area contributed by atoms with Crippen molar-refractivity contribution >= 4 is 23.4 Å². The third-order valence-electron chi connectivity index (χ3n) is 2.37. The molecule has 98 valence electrons. The van der Waals surface area contributed by atoms with Crippen molar-refractivity contribution < 1.29 is 9.52 Å². The van der Waals surface area contributed by atoms with E-state index in [4.69, 9.17) is 16.0 Å². The maximum absolute atomic E-state index is 9.41. The molecule has 0 aliphatic carbocycles. The molecule has 1 atom stereocenters. The molecule has 18 heavy (non-hydrogen) atoms. The predicted octanol–water partition coefficient (Wildman–Crippen LogP) is 1.47. The fraction of sp³-hybridized carbons (Fsp3) is 0.500.